The number of nitrogens with one attached hydrogen (secondary N) is 1. The van der Waals surface area contributed by atoms with Crippen LogP contribution >= 0.6 is 0 Å². The molecule has 2 nitrogen and oxygen atoms in total. The van der Waals surface area contributed by atoms with E-state index in [1.165, 1.54) is 25.9 Å². The number of hydrogen-bond donors (Lipinski definition) is 1. The molecular weight excluding hydrogens is 148 g/mol. The van der Waals surface area contributed by atoms with Crippen LogP contribution in [0.3, 0.4) is 0 Å². The van der Waals surface area contributed by atoms with Crippen LogP contribution in [-0.4, -0.2) is 37.6 Å². The molecule has 1 heterocycles. The number of rotatable bonds is 2. The highest BCUT2D eigenvalue weighted by Crippen LogP contribution is 2.14. The molecule has 0 spiro atoms. The number of likely N-dealkylation sites (N-methyl/N-ethyl adjacent to an activating group) is 1. The Balaban J connectivity index is 2.36. The molecule has 1 rings (SSSR count). The zero-order valence-electron chi connectivity index (χ0n) is 8.64. The summed E-state index contributed by atoms with van der Waals surface area (Å²) >= 11 is 0. The van der Waals surface area contributed by atoms with Crippen molar-refractivity contribution in [3.63, 3.8) is 0 Å². The highest BCUT2D eigenvalue weighted by molar-refractivity contribution is 4.75. The molecule has 0 aromatic carbocycles. The lowest BCUT2D eigenvalue weighted by Crippen LogP contribution is -2.33. The first-order valence-electron chi connectivity index (χ1n) is 5.11. The largest absolute Gasteiger partial charge is 0.315 e. The van der Waals surface area contributed by atoms with Gasteiger partial charge in [-0.25, -0.2) is 0 Å². The Morgan fingerprint density at radius 1 is 1.42 bits per heavy atom. The summed E-state index contributed by atoms with van der Waals surface area (Å²) in [6.45, 7) is 8.18. The molecule has 0 aromatic rings. The van der Waals surface area contributed by atoms with Crippen LogP contribution in [0.5, 0.6) is 0 Å². The van der Waals surface area contributed by atoms with Crippen LogP contribution in [0.2, 0.25) is 0 Å². The predicted octanol–water partition coefficient (Wildman–Crippen LogP) is 1.33. The monoisotopic (exact) mass is 170 g/mol. The Bertz CT molecular complexity index is 123. The lowest BCUT2D eigenvalue weighted by atomic mass is 10.0. The van der Waals surface area contributed by atoms with Gasteiger partial charge in [0, 0.05) is 19.1 Å². The van der Waals surface area contributed by atoms with E-state index in [2.05, 4.69) is 31.1 Å². The maximum Gasteiger partial charge on any atom is 0.0107 e. The van der Waals surface area contributed by atoms with Gasteiger partial charge >= 0.3 is 0 Å². The molecule has 0 saturated carbocycles. The van der Waals surface area contributed by atoms with E-state index in [9.17, 15) is 0 Å². The molecule has 1 fully saturated rings. The third-order valence-corrected chi connectivity index (χ3v) is 2.66. The van der Waals surface area contributed by atoms with Gasteiger partial charge in [0.25, 0.3) is 0 Å². The zero-order chi connectivity index (χ0) is 8.97. The summed E-state index contributed by atoms with van der Waals surface area (Å²) in [5.41, 5.74) is 0. The van der Waals surface area contributed by atoms with Crippen LogP contribution in [0.25, 0.3) is 0 Å². The summed E-state index contributed by atoms with van der Waals surface area (Å²) in [6.07, 6.45) is 2.66. The van der Waals surface area contributed by atoms with Gasteiger partial charge in [-0.1, -0.05) is 13.8 Å². The fourth-order valence-corrected chi connectivity index (χ4v) is 1.89. The minimum Gasteiger partial charge on any atom is -0.315 e. The molecular formula is C10H22N2. The molecule has 72 valence electrons. The van der Waals surface area contributed by atoms with E-state index in [1.54, 1.807) is 0 Å². The molecule has 1 aliphatic rings. The average Bonchev–Trinajstić information content (AvgIpc) is 2.16. The van der Waals surface area contributed by atoms with Crippen LogP contribution in [0, 0.1) is 5.92 Å². The first-order valence-corrected chi connectivity index (χ1v) is 5.11. The minimum atomic E-state index is 0.806. The van der Waals surface area contributed by atoms with Crippen molar-refractivity contribution in [2.75, 3.05) is 26.7 Å². The van der Waals surface area contributed by atoms with Gasteiger partial charge < -0.3 is 10.2 Å². The number of hydrogen-bond acceptors (Lipinski definition) is 2. The topological polar surface area (TPSA) is 15.3 Å². The van der Waals surface area contributed by atoms with Crippen molar-refractivity contribution < 1.29 is 0 Å². The summed E-state index contributed by atoms with van der Waals surface area (Å²) in [7, 11) is 2.25. The lowest BCUT2D eigenvalue weighted by molar-refractivity contribution is 0.223. The summed E-state index contributed by atoms with van der Waals surface area (Å²) in [6, 6.07) is 0.806. The molecule has 0 aromatic heterocycles. The van der Waals surface area contributed by atoms with Crippen LogP contribution in [0.1, 0.15) is 26.7 Å². The van der Waals surface area contributed by atoms with Crippen molar-refractivity contribution in [3.05, 3.63) is 0 Å². The standard InChI is InChI=1S/C10H22N2/c1-9(2)8-10-4-5-11-6-7-12(10)3/h9-11H,4-8H2,1-3H3. The highest BCUT2D eigenvalue weighted by atomic mass is 15.2. The van der Waals surface area contributed by atoms with Crippen molar-refractivity contribution in [1.29, 1.82) is 0 Å². The van der Waals surface area contributed by atoms with Gasteiger partial charge in [-0.2, -0.15) is 0 Å². The third-order valence-electron chi connectivity index (χ3n) is 2.66. The number of nitrogens with zero attached hydrogens (tertiary/aromatic N) is 1. The van der Waals surface area contributed by atoms with E-state index in [0.717, 1.165) is 18.5 Å². The fraction of sp³-hybridized carbons (Fsp3) is 1.00. The SMILES string of the molecule is CC(C)CC1CCNCCN1C. The minimum absolute atomic E-state index is 0.806. The van der Waals surface area contributed by atoms with Crippen molar-refractivity contribution in [1.82, 2.24) is 10.2 Å². The van der Waals surface area contributed by atoms with Gasteiger partial charge in [-0.15, -0.1) is 0 Å². The Kier molecular flexibility index (Phi) is 4.02. The Morgan fingerprint density at radius 2 is 2.17 bits per heavy atom. The molecule has 1 saturated heterocycles. The quantitative estimate of drug-likeness (QED) is 0.672. The van der Waals surface area contributed by atoms with Crippen molar-refractivity contribution in [3.8, 4) is 0 Å². The first-order chi connectivity index (χ1) is 5.70. The molecule has 0 amide bonds. The van der Waals surface area contributed by atoms with Crippen LogP contribution in [0.4, 0.5) is 0 Å². The predicted molar refractivity (Wildman–Crippen MR) is 53.4 cm³/mol. The zero-order valence-corrected chi connectivity index (χ0v) is 8.64. The van der Waals surface area contributed by atoms with Crippen molar-refractivity contribution in [2.24, 2.45) is 5.92 Å². The van der Waals surface area contributed by atoms with Gasteiger partial charge in [-0.3, -0.25) is 0 Å². The second-order valence-corrected chi connectivity index (χ2v) is 4.30. The van der Waals surface area contributed by atoms with Gasteiger partial charge in [-0.05, 0) is 32.4 Å². The second kappa shape index (κ2) is 4.83. The molecule has 1 unspecified atom stereocenters. The molecule has 0 bridgehead atoms. The Morgan fingerprint density at radius 3 is 2.83 bits per heavy atom. The van der Waals surface area contributed by atoms with E-state index in [0.29, 0.717) is 0 Å². The van der Waals surface area contributed by atoms with Crippen molar-refractivity contribution >= 4 is 0 Å². The van der Waals surface area contributed by atoms with E-state index in [1.807, 2.05) is 0 Å². The Labute approximate surface area is 76.3 Å². The third kappa shape index (κ3) is 3.11. The summed E-state index contributed by atoms with van der Waals surface area (Å²) < 4.78 is 0. The maximum atomic E-state index is 3.44. The fourth-order valence-electron chi connectivity index (χ4n) is 1.89. The lowest BCUT2D eigenvalue weighted by Gasteiger charge is -2.26. The van der Waals surface area contributed by atoms with E-state index in [4.69, 9.17) is 0 Å². The normalized spacial score (nSPS) is 27.5. The van der Waals surface area contributed by atoms with E-state index in [-0.39, 0.29) is 0 Å². The van der Waals surface area contributed by atoms with Gasteiger partial charge in [0.2, 0.25) is 0 Å². The maximum absolute atomic E-state index is 3.44. The van der Waals surface area contributed by atoms with Crippen LogP contribution in [0.15, 0.2) is 0 Å². The first kappa shape index (κ1) is 10.0. The van der Waals surface area contributed by atoms with Gasteiger partial charge in [0.1, 0.15) is 0 Å². The van der Waals surface area contributed by atoms with Gasteiger partial charge in [0.05, 0.1) is 0 Å². The smallest absolute Gasteiger partial charge is 0.0107 e. The molecule has 0 radical (unpaired) electrons. The molecule has 1 atom stereocenters. The van der Waals surface area contributed by atoms with E-state index < -0.39 is 0 Å². The Hall–Kier alpha value is -0.0800. The molecule has 12 heavy (non-hydrogen) atoms. The van der Waals surface area contributed by atoms with Gasteiger partial charge in [0.15, 0.2) is 0 Å². The van der Waals surface area contributed by atoms with Crippen LogP contribution in [-0.2, 0) is 0 Å². The summed E-state index contributed by atoms with van der Waals surface area (Å²) in [5, 5.41) is 3.44. The van der Waals surface area contributed by atoms with Crippen LogP contribution < -0.4 is 5.32 Å². The summed E-state index contributed by atoms with van der Waals surface area (Å²) in [4.78, 5) is 2.50. The molecule has 2 heteroatoms. The average molecular weight is 170 g/mol. The second-order valence-electron chi connectivity index (χ2n) is 4.30. The molecule has 1 N–H and O–H groups in total. The highest BCUT2D eigenvalue weighted by Gasteiger charge is 2.17. The molecule has 0 aliphatic carbocycles. The van der Waals surface area contributed by atoms with Crippen molar-refractivity contribution in [2.45, 2.75) is 32.7 Å². The van der Waals surface area contributed by atoms with E-state index >= 15 is 0 Å². The summed E-state index contributed by atoms with van der Waals surface area (Å²) in [5.74, 6) is 0.829. The molecule has 1 aliphatic heterocycles.